The zero-order chi connectivity index (χ0) is 14.2. The normalized spacial score (nSPS) is 18.6. The molecule has 1 saturated heterocycles. The van der Waals surface area contributed by atoms with Gasteiger partial charge in [-0.05, 0) is 37.8 Å². The van der Waals surface area contributed by atoms with Crippen LogP contribution in [0.1, 0.15) is 31.2 Å². The number of carbonyl (C=O) groups is 1. The van der Waals surface area contributed by atoms with Crippen molar-refractivity contribution in [2.45, 2.75) is 38.7 Å². The quantitative estimate of drug-likeness (QED) is 0.812. The third-order valence-corrected chi connectivity index (χ3v) is 3.49. The van der Waals surface area contributed by atoms with Crippen LogP contribution in [0.2, 0.25) is 0 Å². The van der Waals surface area contributed by atoms with Crippen LogP contribution in [0.5, 0.6) is 0 Å². The summed E-state index contributed by atoms with van der Waals surface area (Å²) in [5, 5.41) is 3.25. The van der Waals surface area contributed by atoms with E-state index in [0.29, 0.717) is 19.6 Å². The minimum absolute atomic E-state index is 0.0945. The third kappa shape index (κ3) is 4.85. The van der Waals surface area contributed by atoms with Crippen LogP contribution in [0.3, 0.4) is 0 Å². The molecule has 1 N–H and O–H groups in total. The summed E-state index contributed by atoms with van der Waals surface area (Å²) in [6.45, 7) is 3.82. The number of para-hydroxylation sites is 1. The van der Waals surface area contributed by atoms with Gasteiger partial charge in [0, 0.05) is 18.8 Å². The van der Waals surface area contributed by atoms with Gasteiger partial charge in [0.1, 0.15) is 6.61 Å². The Hall–Kier alpha value is -1.55. The molecule has 0 saturated carbocycles. The molecule has 1 atom stereocenters. The number of rotatable bonds is 6. The molecule has 4 heteroatoms. The van der Waals surface area contributed by atoms with Crippen LogP contribution in [0.4, 0.5) is 5.69 Å². The lowest BCUT2D eigenvalue weighted by Crippen LogP contribution is -2.26. The van der Waals surface area contributed by atoms with Crippen LogP contribution >= 0.6 is 0 Å². The maximum absolute atomic E-state index is 11.6. The number of esters is 1. The molecule has 0 amide bonds. The van der Waals surface area contributed by atoms with Gasteiger partial charge in [0.25, 0.3) is 0 Å². The topological polar surface area (TPSA) is 47.6 Å². The van der Waals surface area contributed by atoms with Gasteiger partial charge in [-0.25, -0.2) is 0 Å². The van der Waals surface area contributed by atoms with Crippen LogP contribution in [0.25, 0.3) is 0 Å². The molecule has 0 bridgehead atoms. The number of carbonyl (C=O) groups excluding carboxylic acids is 1. The zero-order valence-electron chi connectivity index (χ0n) is 12.1. The summed E-state index contributed by atoms with van der Waals surface area (Å²) in [6, 6.07) is 8.03. The van der Waals surface area contributed by atoms with Gasteiger partial charge in [-0.1, -0.05) is 18.2 Å². The van der Waals surface area contributed by atoms with Crippen molar-refractivity contribution in [1.29, 1.82) is 0 Å². The van der Waals surface area contributed by atoms with Crippen molar-refractivity contribution in [2.24, 2.45) is 0 Å². The molecule has 1 aromatic rings. The summed E-state index contributed by atoms with van der Waals surface area (Å²) in [7, 11) is 0. The number of benzene rings is 1. The smallest absolute Gasteiger partial charge is 0.307 e. The highest BCUT2D eigenvalue weighted by atomic mass is 16.6. The predicted molar refractivity (Wildman–Crippen MR) is 78.8 cm³/mol. The van der Waals surface area contributed by atoms with Gasteiger partial charge < -0.3 is 14.8 Å². The van der Waals surface area contributed by atoms with Crippen LogP contribution < -0.4 is 5.32 Å². The van der Waals surface area contributed by atoms with Gasteiger partial charge in [0.15, 0.2) is 0 Å². The summed E-state index contributed by atoms with van der Waals surface area (Å²) in [5.41, 5.74) is 2.24. The minimum atomic E-state index is -0.166. The molecule has 4 nitrogen and oxygen atoms in total. The summed E-state index contributed by atoms with van der Waals surface area (Å²) in [4.78, 5) is 11.6. The molecular weight excluding hydrogens is 254 g/mol. The molecule has 0 aliphatic carbocycles. The molecule has 110 valence electrons. The lowest BCUT2D eigenvalue weighted by atomic mass is 10.1. The fraction of sp³-hybridized carbons (Fsp3) is 0.562. The van der Waals surface area contributed by atoms with Crippen molar-refractivity contribution in [2.75, 3.05) is 25.1 Å². The molecule has 1 fully saturated rings. The second-order valence-electron chi connectivity index (χ2n) is 5.16. The second kappa shape index (κ2) is 7.90. The molecule has 2 rings (SSSR count). The Morgan fingerprint density at radius 3 is 3.00 bits per heavy atom. The first-order valence-corrected chi connectivity index (χ1v) is 7.32. The van der Waals surface area contributed by atoms with Gasteiger partial charge in [0.05, 0.1) is 12.5 Å². The molecule has 1 aromatic carbocycles. The molecule has 1 heterocycles. The number of hydrogen-bond acceptors (Lipinski definition) is 4. The monoisotopic (exact) mass is 277 g/mol. The summed E-state index contributed by atoms with van der Waals surface area (Å²) in [6.07, 6.45) is 3.74. The van der Waals surface area contributed by atoms with Gasteiger partial charge in [-0.3, -0.25) is 4.79 Å². The largest absolute Gasteiger partial charge is 0.463 e. The molecule has 0 spiro atoms. The van der Waals surface area contributed by atoms with E-state index in [4.69, 9.17) is 9.47 Å². The highest BCUT2D eigenvalue weighted by Gasteiger charge is 2.15. The molecule has 20 heavy (non-hydrogen) atoms. The van der Waals surface area contributed by atoms with E-state index in [1.807, 2.05) is 31.2 Å². The van der Waals surface area contributed by atoms with E-state index in [0.717, 1.165) is 31.6 Å². The van der Waals surface area contributed by atoms with Crippen molar-refractivity contribution in [3.63, 3.8) is 0 Å². The standard InChI is InChI=1S/C16H23NO3/c1-13-6-2-3-8-15(13)17-10-9-16(18)20-12-14-7-4-5-11-19-14/h2-3,6,8,14,17H,4-5,7,9-12H2,1H3. The first-order valence-electron chi connectivity index (χ1n) is 7.32. The lowest BCUT2D eigenvalue weighted by molar-refractivity contribution is -0.148. The van der Waals surface area contributed by atoms with Crippen LogP contribution in [0.15, 0.2) is 24.3 Å². The number of ether oxygens (including phenoxy) is 2. The van der Waals surface area contributed by atoms with Gasteiger partial charge in [-0.15, -0.1) is 0 Å². The first kappa shape index (κ1) is 14.9. The molecule has 1 aliphatic heterocycles. The number of anilines is 1. The van der Waals surface area contributed by atoms with E-state index in [9.17, 15) is 4.79 Å². The summed E-state index contributed by atoms with van der Waals surface area (Å²) in [5.74, 6) is -0.166. The van der Waals surface area contributed by atoms with Crippen molar-refractivity contribution in [3.8, 4) is 0 Å². The number of nitrogens with one attached hydrogen (secondary N) is 1. The fourth-order valence-corrected chi connectivity index (χ4v) is 2.27. The van der Waals surface area contributed by atoms with E-state index in [1.165, 1.54) is 5.56 Å². The van der Waals surface area contributed by atoms with Crippen LogP contribution in [0, 0.1) is 6.92 Å². The third-order valence-electron chi connectivity index (χ3n) is 3.49. The van der Waals surface area contributed by atoms with Crippen LogP contribution in [-0.2, 0) is 14.3 Å². The highest BCUT2D eigenvalue weighted by Crippen LogP contribution is 2.14. The van der Waals surface area contributed by atoms with Crippen molar-refractivity contribution < 1.29 is 14.3 Å². The van der Waals surface area contributed by atoms with Crippen LogP contribution in [-0.4, -0.2) is 31.8 Å². The van der Waals surface area contributed by atoms with E-state index < -0.39 is 0 Å². The van der Waals surface area contributed by atoms with Gasteiger partial charge in [-0.2, -0.15) is 0 Å². The zero-order valence-corrected chi connectivity index (χ0v) is 12.1. The van der Waals surface area contributed by atoms with Crippen molar-refractivity contribution >= 4 is 11.7 Å². The first-order chi connectivity index (χ1) is 9.75. The Bertz CT molecular complexity index is 427. The maximum atomic E-state index is 11.6. The molecule has 0 radical (unpaired) electrons. The maximum Gasteiger partial charge on any atom is 0.307 e. The number of aryl methyl sites for hydroxylation is 1. The molecule has 0 aromatic heterocycles. The fourth-order valence-electron chi connectivity index (χ4n) is 2.27. The SMILES string of the molecule is Cc1ccccc1NCCC(=O)OCC1CCCCO1. The van der Waals surface area contributed by atoms with Gasteiger partial charge >= 0.3 is 5.97 Å². The Morgan fingerprint density at radius 1 is 1.40 bits per heavy atom. The minimum Gasteiger partial charge on any atom is -0.463 e. The predicted octanol–water partition coefficient (Wildman–Crippen LogP) is 2.91. The average Bonchev–Trinajstić information content (AvgIpc) is 2.48. The van der Waals surface area contributed by atoms with Crippen molar-refractivity contribution in [3.05, 3.63) is 29.8 Å². The summed E-state index contributed by atoms with van der Waals surface area (Å²) >= 11 is 0. The van der Waals surface area contributed by atoms with E-state index >= 15 is 0 Å². The summed E-state index contributed by atoms with van der Waals surface area (Å²) < 4.78 is 10.8. The van der Waals surface area contributed by atoms with Gasteiger partial charge in [0.2, 0.25) is 0 Å². The Labute approximate surface area is 120 Å². The highest BCUT2D eigenvalue weighted by molar-refractivity contribution is 5.70. The van der Waals surface area contributed by atoms with E-state index in [1.54, 1.807) is 0 Å². The molecule has 1 aliphatic rings. The number of hydrogen-bond donors (Lipinski definition) is 1. The Kier molecular flexibility index (Phi) is 5.87. The molecular formula is C16H23NO3. The van der Waals surface area contributed by atoms with Crippen molar-refractivity contribution in [1.82, 2.24) is 0 Å². The molecule has 1 unspecified atom stereocenters. The Balaban J connectivity index is 1.61. The lowest BCUT2D eigenvalue weighted by Gasteiger charge is -2.22. The van der Waals surface area contributed by atoms with E-state index in [-0.39, 0.29) is 12.1 Å². The Morgan fingerprint density at radius 2 is 2.25 bits per heavy atom. The average molecular weight is 277 g/mol. The second-order valence-corrected chi connectivity index (χ2v) is 5.16. The van der Waals surface area contributed by atoms with E-state index in [2.05, 4.69) is 5.32 Å².